The number of hydrogen-bond donors (Lipinski definition) is 0. The molecule has 1 fully saturated rings. The Labute approximate surface area is 92.1 Å². The maximum Gasteiger partial charge on any atom is 0.305 e. The molecule has 0 bridgehead atoms. The first kappa shape index (κ1) is 12.5. The summed E-state index contributed by atoms with van der Waals surface area (Å²) >= 11 is 0. The van der Waals surface area contributed by atoms with E-state index in [2.05, 4.69) is 6.92 Å². The number of esters is 1. The van der Waals surface area contributed by atoms with Crippen molar-refractivity contribution in [3.63, 3.8) is 0 Å². The molecule has 1 saturated heterocycles. The van der Waals surface area contributed by atoms with Crippen LogP contribution in [-0.4, -0.2) is 25.3 Å². The molecule has 0 aromatic carbocycles. The summed E-state index contributed by atoms with van der Waals surface area (Å²) in [5.74, 6) is -0.0680. The molecular weight excluding hydrogens is 192 g/mol. The molecule has 1 aliphatic heterocycles. The van der Waals surface area contributed by atoms with E-state index in [1.807, 2.05) is 0 Å². The number of hydrogen-bond acceptors (Lipinski definition) is 3. The van der Waals surface area contributed by atoms with Crippen molar-refractivity contribution in [2.45, 2.75) is 58.0 Å². The number of rotatable bonds is 7. The largest absolute Gasteiger partial charge is 0.463 e. The van der Waals surface area contributed by atoms with Crippen LogP contribution in [0.3, 0.4) is 0 Å². The normalized spacial score (nSPS) is 20.5. The Bertz CT molecular complexity index is 174. The zero-order chi connectivity index (χ0) is 10.9. The zero-order valence-corrected chi connectivity index (χ0v) is 9.67. The lowest BCUT2D eigenvalue weighted by Crippen LogP contribution is -2.17. The van der Waals surface area contributed by atoms with Gasteiger partial charge in [-0.15, -0.1) is 0 Å². The van der Waals surface area contributed by atoms with Crippen molar-refractivity contribution in [2.75, 3.05) is 13.2 Å². The minimum atomic E-state index is -0.0680. The minimum Gasteiger partial charge on any atom is -0.463 e. The van der Waals surface area contributed by atoms with Crippen molar-refractivity contribution in [3.8, 4) is 0 Å². The van der Waals surface area contributed by atoms with E-state index >= 15 is 0 Å². The maximum absolute atomic E-state index is 11.3. The molecule has 1 rings (SSSR count). The Morgan fingerprint density at radius 2 is 2.27 bits per heavy atom. The van der Waals surface area contributed by atoms with Crippen LogP contribution in [0.15, 0.2) is 0 Å². The van der Waals surface area contributed by atoms with Crippen molar-refractivity contribution < 1.29 is 14.3 Å². The van der Waals surface area contributed by atoms with Crippen LogP contribution in [0.5, 0.6) is 0 Å². The van der Waals surface area contributed by atoms with Crippen LogP contribution >= 0.6 is 0 Å². The van der Waals surface area contributed by atoms with Crippen LogP contribution in [0.25, 0.3) is 0 Å². The van der Waals surface area contributed by atoms with Crippen LogP contribution in [-0.2, 0) is 14.3 Å². The van der Waals surface area contributed by atoms with Crippen LogP contribution in [0, 0.1) is 0 Å². The first-order valence-corrected chi connectivity index (χ1v) is 6.10. The quantitative estimate of drug-likeness (QED) is 0.483. The second kappa shape index (κ2) is 7.69. The number of carbonyl (C=O) groups is 1. The lowest BCUT2D eigenvalue weighted by Gasteiger charge is -2.09. The SMILES string of the molecule is CCCCCCC(=O)OCC1CCCO1. The summed E-state index contributed by atoms with van der Waals surface area (Å²) in [7, 11) is 0. The summed E-state index contributed by atoms with van der Waals surface area (Å²) in [5.41, 5.74) is 0. The van der Waals surface area contributed by atoms with Gasteiger partial charge in [-0.1, -0.05) is 26.2 Å². The summed E-state index contributed by atoms with van der Waals surface area (Å²) < 4.78 is 10.5. The highest BCUT2D eigenvalue weighted by Crippen LogP contribution is 2.12. The van der Waals surface area contributed by atoms with E-state index < -0.39 is 0 Å². The highest BCUT2D eigenvalue weighted by Gasteiger charge is 2.17. The van der Waals surface area contributed by atoms with E-state index in [0.29, 0.717) is 13.0 Å². The molecule has 0 aliphatic carbocycles. The number of carbonyl (C=O) groups excluding carboxylic acids is 1. The van der Waals surface area contributed by atoms with Crippen molar-refractivity contribution >= 4 is 5.97 Å². The fraction of sp³-hybridized carbons (Fsp3) is 0.917. The lowest BCUT2D eigenvalue weighted by molar-refractivity contribution is -0.147. The van der Waals surface area contributed by atoms with Crippen molar-refractivity contribution in [2.24, 2.45) is 0 Å². The number of unbranched alkanes of at least 4 members (excludes halogenated alkanes) is 3. The predicted octanol–water partition coefficient (Wildman–Crippen LogP) is 2.68. The van der Waals surface area contributed by atoms with Crippen molar-refractivity contribution in [1.29, 1.82) is 0 Å². The highest BCUT2D eigenvalue weighted by atomic mass is 16.6. The van der Waals surface area contributed by atoms with Crippen LogP contribution in [0.4, 0.5) is 0 Å². The van der Waals surface area contributed by atoms with Gasteiger partial charge < -0.3 is 9.47 Å². The van der Waals surface area contributed by atoms with Gasteiger partial charge in [0.15, 0.2) is 0 Å². The standard InChI is InChI=1S/C12H22O3/c1-2-3-4-5-8-12(13)15-10-11-7-6-9-14-11/h11H,2-10H2,1H3. The van der Waals surface area contributed by atoms with Crippen LogP contribution < -0.4 is 0 Å². The molecule has 0 N–H and O–H groups in total. The Hall–Kier alpha value is -0.570. The molecule has 1 atom stereocenters. The van der Waals surface area contributed by atoms with E-state index in [9.17, 15) is 4.79 Å². The van der Waals surface area contributed by atoms with E-state index in [-0.39, 0.29) is 12.1 Å². The summed E-state index contributed by atoms with van der Waals surface area (Å²) in [4.78, 5) is 11.3. The summed E-state index contributed by atoms with van der Waals surface area (Å²) in [5, 5.41) is 0. The Morgan fingerprint density at radius 3 is 2.93 bits per heavy atom. The molecule has 0 amide bonds. The van der Waals surface area contributed by atoms with Crippen LogP contribution in [0.2, 0.25) is 0 Å². The highest BCUT2D eigenvalue weighted by molar-refractivity contribution is 5.69. The average Bonchev–Trinajstić information content (AvgIpc) is 2.74. The first-order valence-electron chi connectivity index (χ1n) is 6.10. The minimum absolute atomic E-state index is 0.0680. The molecule has 0 radical (unpaired) electrons. The van der Waals surface area contributed by atoms with E-state index in [0.717, 1.165) is 32.3 Å². The Balaban J connectivity index is 1.93. The average molecular weight is 214 g/mol. The van der Waals surface area contributed by atoms with E-state index in [4.69, 9.17) is 9.47 Å². The van der Waals surface area contributed by atoms with Crippen molar-refractivity contribution in [3.05, 3.63) is 0 Å². The lowest BCUT2D eigenvalue weighted by atomic mass is 10.1. The maximum atomic E-state index is 11.3. The first-order chi connectivity index (χ1) is 7.33. The monoisotopic (exact) mass is 214 g/mol. The van der Waals surface area contributed by atoms with Gasteiger partial charge in [-0.05, 0) is 19.3 Å². The Kier molecular flexibility index (Phi) is 6.41. The topological polar surface area (TPSA) is 35.5 Å². The van der Waals surface area contributed by atoms with E-state index in [1.165, 1.54) is 12.8 Å². The van der Waals surface area contributed by atoms with Gasteiger partial charge in [0, 0.05) is 13.0 Å². The summed E-state index contributed by atoms with van der Waals surface area (Å²) in [6.07, 6.45) is 7.34. The second-order valence-corrected chi connectivity index (χ2v) is 4.13. The van der Waals surface area contributed by atoms with Gasteiger partial charge in [-0.2, -0.15) is 0 Å². The molecule has 88 valence electrons. The smallest absolute Gasteiger partial charge is 0.305 e. The fourth-order valence-corrected chi connectivity index (χ4v) is 1.73. The molecule has 1 unspecified atom stereocenters. The molecular formula is C12H22O3. The third-order valence-electron chi connectivity index (χ3n) is 2.69. The van der Waals surface area contributed by atoms with Gasteiger partial charge >= 0.3 is 5.97 Å². The van der Waals surface area contributed by atoms with Gasteiger partial charge in [-0.3, -0.25) is 4.79 Å². The van der Waals surface area contributed by atoms with Gasteiger partial charge in [0.2, 0.25) is 0 Å². The molecule has 0 spiro atoms. The second-order valence-electron chi connectivity index (χ2n) is 4.13. The van der Waals surface area contributed by atoms with Crippen molar-refractivity contribution in [1.82, 2.24) is 0 Å². The molecule has 0 saturated carbocycles. The zero-order valence-electron chi connectivity index (χ0n) is 9.67. The molecule has 0 aromatic heterocycles. The Morgan fingerprint density at radius 1 is 1.40 bits per heavy atom. The molecule has 1 heterocycles. The predicted molar refractivity (Wildman–Crippen MR) is 58.7 cm³/mol. The number of ether oxygens (including phenoxy) is 2. The van der Waals surface area contributed by atoms with Gasteiger partial charge in [-0.25, -0.2) is 0 Å². The molecule has 3 heteroatoms. The molecule has 3 nitrogen and oxygen atoms in total. The molecule has 15 heavy (non-hydrogen) atoms. The third-order valence-corrected chi connectivity index (χ3v) is 2.69. The third kappa shape index (κ3) is 5.78. The van der Waals surface area contributed by atoms with Gasteiger partial charge in [0.05, 0.1) is 6.10 Å². The van der Waals surface area contributed by atoms with Crippen LogP contribution in [0.1, 0.15) is 51.9 Å². The summed E-state index contributed by atoms with van der Waals surface area (Å²) in [6.45, 7) is 3.43. The van der Waals surface area contributed by atoms with Gasteiger partial charge in [0.1, 0.15) is 6.61 Å². The molecule has 1 aliphatic rings. The molecule has 0 aromatic rings. The summed E-state index contributed by atoms with van der Waals surface area (Å²) in [6, 6.07) is 0. The fourth-order valence-electron chi connectivity index (χ4n) is 1.73. The van der Waals surface area contributed by atoms with Gasteiger partial charge in [0.25, 0.3) is 0 Å². The van der Waals surface area contributed by atoms with E-state index in [1.54, 1.807) is 0 Å².